The van der Waals surface area contributed by atoms with Crippen molar-refractivity contribution in [3.05, 3.63) is 12.2 Å². The molecule has 1 aliphatic carbocycles. The molecule has 0 amide bonds. The molecule has 1 rings (SSSR count). The minimum Gasteiger partial charge on any atom is -0.389 e. The van der Waals surface area contributed by atoms with E-state index in [1.54, 1.807) is 6.08 Å². The zero-order chi connectivity index (χ0) is 6.15. The van der Waals surface area contributed by atoms with Crippen LogP contribution < -0.4 is 0 Å². The maximum Gasteiger partial charge on any atom is 0.0723 e. The third kappa shape index (κ3) is 0.601. The van der Waals surface area contributed by atoms with E-state index in [-0.39, 0.29) is 0 Å². The fourth-order valence-electron chi connectivity index (χ4n) is 0.420. The van der Waals surface area contributed by atoms with Crippen molar-refractivity contribution in [3.8, 4) is 0 Å². The van der Waals surface area contributed by atoms with Crippen molar-refractivity contribution in [2.45, 2.75) is 18.9 Å². The van der Waals surface area contributed by atoms with Crippen molar-refractivity contribution in [2.24, 2.45) is 0 Å². The van der Waals surface area contributed by atoms with Gasteiger partial charge < -0.3 is 5.11 Å². The quantitative estimate of drug-likeness (QED) is 0.430. The highest BCUT2D eigenvalue weighted by molar-refractivity contribution is 4.95. The van der Waals surface area contributed by atoms with Gasteiger partial charge in [0.05, 0.1) is 6.10 Å². The van der Waals surface area contributed by atoms with Crippen molar-refractivity contribution in [2.75, 3.05) is 0 Å². The molecule has 0 saturated carbocycles. The van der Waals surface area contributed by atoms with Gasteiger partial charge in [-0.1, -0.05) is 12.2 Å². The van der Waals surface area contributed by atoms with Crippen LogP contribution in [-0.2, 0) is 0 Å². The standard InChI is InChI=1S/C5H8O/c6-5-3-1-2-4-5/h1,3,5-6H,2,4H2/i2D,4D/t2-,4-,5?/m0/s1. The van der Waals surface area contributed by atoms with Gasteiger partial charge in [-0.25, -0.2) is 0 Å². The molecule has 0 spiro atoms. The van der Waals surface area contributed by atoms with Gasteiger partial charge in [-0.3, -0.25) is 0 Å². The molecule has 1 heteroatoms. The van der Waals surface area contributed by atoms with Crippen LogP contribution >= 0.6 is 0 Å². The molecule has 1 unspecified atom stereocenters. The summed E-state index contributed by atoms with van der Waals surface area (Å²) in [7, 11) is 0. The molecular weight excluding hydrogens is 76.1 g/mol. The van der Waals surface area contributed by atoms with E-state index < -0.39 is 18.9 Å². The lowest BCUT2D eigenvalue weighted by atomic mass is 10.3. The highest BCUT2D eigenvalue weighted by Crippen LogP contribution is 2.06. The van der Waals surface area contributed by atoms with Crippen LogP contribution in [0.3, 0.4) is 0 Å². The molecule has 0 bridgehead atoms. The van der Waals surface area contributed by atoms with Gasteiger partial charge in [0.15, 0.2) is 0 Å². The zero-order valence-electron chi connectivity index (χ0n) is 5.33. The SMILES string of the molecule is [2H][C@@H]1C(O)C=C[C@@H]1[2H]. The Kier molecular flexibility index (Phi) is 0.507. The van der Waals surface area contributed by atoms with E-state index in [1.165, 1.54) is 6.08 Å². The second kappa shape index (κ2) is 1.43. The summed E-state index contributed by atoms with van der Waals surface area (Å²) in [6, 6.07) is 0. The van der Waals surface area contributed by atoms with Crippen LogP contribution in [0.1, 0.15) is 15.5 Å². The van der Waals surface area contributed by atoms with E-state index in [9.17, 15) is 0 Å². The summed E-state index contributed by atoms with van der Waals surface area (Å²) >= 11 is 0. The Balaban J connectivity index is 2.55. The first kappa shape index (κ1) is 2.12. The van der Waals surface area contributed by atoms with E-state index in [1.807, 2.05) is 0 Å². The molecule has 0 radical (unpaired) electrons. The Morgan fingerprint density at radius 1 is 2.00 bits per heavy atom. The average molecular weight is 86.1 g/mol. The second-order valence-electron chi connectivity index (χ2n) is 1.26. The molecule has 3 atom stereocenters. The van der Waals surface area contributed by atoms with Crippen LogP contribution in [0.2, 0.25) is 0 Å². The van der Waals surface area contributed by atoms with Crippen molar-refractivity contribution in [1.29, 1.82) is 0 Å². The van der Waals surface area contributed by atoms with E-state index in [0.29, 0.717) is 0 Å². The second-order valence-corrected chi connectivity index (χ2v) is 1.26. The van der Waals surface area contributed by atoms with E-state index >= 15 is 0 Å². The Hall–Kier alpha value is -0.300. The smallest absolute Gasteiger partial charge is 0.0723 e. The summed E-state index contributed by atoms with van der Waals surface area (Å²) in [6.07, 6.45) is 1.15. The summed E-state index contributed by atoms with van der Waals surface area (Å²) in [4.78, 5) is 0. The van der Waals surface area contributed by atoms with Crippen molar-refractivity contribution in [3.63, 3.8) is 0 Å². The molecule has 0 aromatic rings. The minimum atomic E-state index is -0.711. The van der Waals surface area contributed by atoms with Crippen LogP contribution in [-0.4, -0.2) is 11.2 Å². The summed E-state index contributed by atoms with van der Waals surface area (Å²) < 4.78 is 14.1. The van der Waals surface area contributed by atoms with Crippen LogP contribution in [0.4, 0.5) is 0 Å². The van der Waals surface area contributed by atoms with Crippen LogP contribution in [0.5, 0.6) is 0 Å². The molecule has 1 aliphatic rings. The van der Waals surface area contributed by atoms with Gasteiger partial charge in [-0.2, -0.15) is 0 Å². The van der Waals surface area contributed by atoms with Crippen molar-refractivity contribution >= 4 is 0 Å². The van der Waals surface area contributed by atoms with Gasteiger partial charge in [-0.15, -0.1) is 0 Å². The van der Waals surface area contributed by atoms with E-state index in [0.717, 1.165) is 0 Å². The Morgan fingerprint density at radius 3 is 3.00 bits per heavy atom. The van der Waals surface area contributed by atoms with Crippen molar-refractivity contribution in [1.82, 2.24) is 0 Å². The fourth-order valence-corrected chi connectivity index (χ4v) is 0.420. The van der Waals surface area contributed by atoms with Crippen LogP contribution in [0.25, 0.3) is 0 Å². The lowest BCUT2D eigenvalue weighted by Gasteiger charge is -1.89. The first-order valence-corrected chi connectivity index (χ1v) is 1.92. The molecule has 0 aromatic carbocycles. The van der Waals surface area contributed by atoms with Gasteiger partial charge in [0.2, 0.25) is 0 Å². The normalized spacial score (nSPS) is 61.2. The molecular formula is C5H8O. The third-order valence-electron chi connectivity index (χ3n) is 0.728. The van der Waals surface area contributed by atoms with Crippen molar-refractivity contribution < 1.29 is 7.85 Å². The highest BCUT2D eigenvalue weighted by atomic mass is 16.3. The first-order valence-electron chi connectivity index (χ1n) is 3.08. The summed E-state index contributed by atoms with van der Waals surface area (Å²) in [5.74, 6) is 0. The molecule has 0 heterocycles. The van der Waals surface area contributed by atoms with Gasteiger partial charge in [0.25, 0.3) is 0 Å². The number of allylic oxidation sites excluding steroid dienone is 1. The predicted molar refractivity (Wildman–Crippen MR) is 24.4 cm³/mol. The van der Waals surface area contributed by atoms with Gasteiger partial charge in [0, 0.05) is 2.74 Å². The molecule has 6 heavy (non-hydrogen) atoms. The van der Waals surface area contributed by atoms with Crippen LogP contribution in [0, 0.1) is 0 Å². The Bertz CT molecular complexity index is 101. The molecule has 0 saturated heterocycles. The molecule has 34 valence electrons. The molecule has 0 aliphatic heterocycles. The Labute approximate surface area is 40.1 Å². The van der Waals surface area contributed by atoms with Gasteiger partial charge in [-0.05, 0) is 12.8 Å². The van der Waals surface area contributed by atoms with E-state index in [4.69, 9.17) is 7.85 Å². The summed E-state index contributed by atoms with van der Waals surface area (Å²) in [5.41, 5.74) is 0. The van der Waals surface area contributed by atoms with Gasteiger partial charge >= 0.3 is 0 Å². The lowest BCUT2D eigenvalue weighted by molar-refractivity contribution is 0.223. The van der Waals surface area contributed by atoms with Gasteiger partial charge in [0.1, 0.15) is 0 Å². The molecule has 0 aromatic heterocycles. The van der Waals surface area contributed by atoms with E-state index in [2.05, 4.69) is 0 Å². The molecule has 0 fully saturated rings. The molecule has 1 nitrogen and oxygen atoms in total. The number of aliphatic hydroxyl groups excluding tert-OH is 1. The topological polar surface area (TPSA) is 20.2 Å². The Morgan fingerprint density at radius 2 is 2.83 bits per heavy atom. The zero-order valence-corrected chi connectivity index (χ0v) is 3.33. The third-order valence-corrected chi connectivity index (χ3v) is 0.728. The maximum atomic E-state index is 8.77. The number of hydrogen-bond acceptors (Lipinski definition) is 1. The number of hydrogen-bond donors (Lipinski definition) is 1. The highest BCUT2D eigenvalue weighted by Gasteiger charge is 2.00. The average Bonchev–Trinajstić information content (AvgIpc) is 1.98. The number of rotatable bonds is 0. The molecule has 1 N–H and O–H groups in total. The fraction of sp³-hybridized carbons (Fsp3) is 0.600. The number of aliphatic hydroxyl groups is 1. The summed E-state index contributed by atoms with van der Waals surface area (Å²) in [5, 5.41) is 8.77. The predicted octanol–water partition coefficient (Wildman–Crippen LogP) is 0.697. The van der Waals surface area contributed by atoms with Crippen LogP contribution in [0.15, 0.2) is 12.2 Å². The maximum absolute atomic E-state index is 8.77. The largest absolute Gasteiger partial charge is 0.389 e. The monoisotopic (exact) mass is 86.1 g/mol. The minimum absolute atomic E-state index is 0.523. The lowest BCUT2D eigenvalue weighted by Crippen LogP contribution is -1.93. The summed E-state index contributed by atoms with van der Waals surface area (Å²) in [6.45, 7) is 0. The first-order chi connectivity index (χ1) is 3.72.